The Bertz CT molecular complexity index is 914. The van der Waals surface area contributed by atoms with Crippen molar-refractivity contribution in [2.75, 3.05) is 12.4 Å². The number of halogens is 2. The van der Waals surface area contributed by atoms with Crippen LogP contribution in [0, 0.1) is 6.92 Å². The van der Waals surface area contributed by atoms with Gasteiger partial charge in [0.15, 0.2) is 17.6 Å². The van der Waals surface area contributed by atoms with Crippen molar-refractivity contribution in [3.63, 3.8) is 0 Å². The van der Waals surface area contributed by atoms with E-state index in [1.54, 1.807) is 0 Å². The number of para-hydroxylation sites is 1. The summed E-state index contributed by atoms with van der Waals surface area (Å²) in [7, 11) is 1.26. The van der Waals surface area contributed by atoms with Crippen molar-refractivity contribution in [1.29, 1.82) is 0 Å². The van der Waals surface area contributed by atoms with Gasteiger partial charge in [0.1, 0.15) is 0 Å². The molecule has 0 aliphatic heterocycles. The van der Waals surface area contributed by atoms with Crippen molar-refractivity contribution in [2.45, 2.75) is 46.3 Å². The van der Waals surface area contributed by atoms with Crippen LogP contribution in [0.4, 0.5) is 14.5 Å². The van der Waals surface area contributed by atoms with Crippen molar-refractivity contribution in [1.82, 2.24) is 0 Å². The number of hydrogen-bond acceptors (Lipinski definition) is 5. The molecule has 8 heteroatoms. The monoisotopic (exact) mass is 421 g/mol. The number of aryl methyl sites for hydroxylation is 1. The minimum atomic E-state index is -3.03. The molecule has 0 spiro atoms. The fourth-order valence-corrected chi connectivity index (χ4v) is 2.84. The zero-order valence-corrected chi connectivity index (χ0v) is 17.5. The maximum absolute atomic E-state index is 12.6. The summed E-state index contributed by atoms with van der Waals surface area (Å²) < 4.78 is 39.4. The molecule has 2 aromatic carbocycles. The third kappa shape index (κ3) is 5.68. The van der Waals surface area contributed by atoms with E-state index in [1.165, 1.54) is 32.2 Å². The van der Waals surface area contributed by atoms with Crippen LogP contribution in [-0.4, -0.2) is 31.7 Å². The van der Waals surface area contributed by atoms with Gasteiger partial charge >= 0.3 is 12.6 Å². The number of benzene rings is 2. The number of esters is 1. The average Bonchev–Trinajstić information content (AvgIpc) is 2.68. The van der Waals surface area contributed by atoms with Gasteiger partial charge in [-0.2, -0.15) is 8.78 Å². The molecule has 1 N–H and O–H groups in total. The molecular weight excluding hydrogens is 396 g/mol. The molecule has 2 rings (SSSR count). The van der Waals surface area contributed by atoms with E-state index in [4.69, 9.17) is 9.47 Å². The van der Waals surface area contributed by atoms with Crippen LogP contribution >= 0.6 is 0 Å². The first-order valence-electron chi connectivity index (χ1n) is 9.38. The number of anilines is 1. The van der Waals surface area contributed by atoms with E-state index in [0.29, 0.717) is 5.69 Å². The number of alkyl halides is 2. The highest BCUT2D eigenvalue weighted by molar-refractivity contribution is 5.98. The molecule has 1 atom stereocenters. The fourth-order valence-electron chi connectivity index (χ4n) is 2.84. The van der Waals surface area contributed by atoms with Crippen molar-refractivity contribution < 1.29 is 32.6 Å². The molecule has 0 aliphatic rings. The van der Waals surface area contributed by atoms with E-state index in [2.05, 4.69) is 10.1 Å². The molecule has 0 saturated carbocycles. The summed E-state index contributed by atoms with van der Waals surface area (Å²) >= 11 is 0. The Labute approximate surface area is 174 Å². The molecule has 0 bridgehead atoms. The van der Waals surface area contributed by atoms with Crippen molar-refractivity contribution in [2.24, 2.45) is 0 Å². The molecule has 1 amide bonds. The Kier molecular flexibility index (Phi) is 7.74. The number of carbonyl (C=O) groups is 2. The Morgan fingerprint density at radius 2 is 1.73 bits per heavy atom. The van der Waals surface area contributed by atoms with Gasteiger partial charge in [-0.05, 0) is 49.1 Å². The van der Waals surface area contributed by atoms with E-state index in [1.807, 2.05) is 39.0 Å². The summed E-state index contributed by atoms with van der Waals surface area (Å²) in [5.74, 6) is -1.35. The third-order valence-corrected chi connectivity index (χ3v) is 4.44. The van der Waals surface area contributed by atoms with Crippen molar-refractivity contribution >= 4 is 17.6 Å². The molecule has 0 heterocycles. The Morgan fingerprint density at radius 1 is 1.03 bits per heavy atom. The predicted octanol–water partition coefficient (Wildman–Crippen LogP) is 4.91. The highest BCUT2D eigenvalue weighted by atomic mass is 19.3. The molecule has 162 valence electrons. The summed E-state index contributed by atoms with van der Waals surface area (Å²) in [5.41, 5.74) is 2.59. The second kappa shape index (κ2) is 10.0. The molecule has 0 aliphatic carbocycles. The number of carbonyl (C=O) groups excluding carboxylic acids is 2. The van der Waals surface area contributed by atoms with Gasteiger partial charge in [0.2, 0.25) is 0 Å². The molecule has 0 unspecified atom stereocenters. The second-order valence-electron chi connectivity index (χ2n) is 6.97. The maximum Gasteiger partial charge on any atom is 0.387 e. The lowest BCUT2D eigenvalue weighted by atomic mass is 9.98. The molecule has 30 heavy (non-hydrogen) atoms. The Morgan fingerprint density at radius 3 is 2.33 bits per heavy atom. The molecule has 0 saturated heterocycles. The first-order valence-corrected chi connectivity index (χ1v) is 9.38. The lowest BCUT2D eigenvalue weighted by Gasteiger charge is -2.19. The predicted molar refractivity (Wildman–Crippen MR) is 108 cm³/mol. The van der Waals surface area contributed by atoms with E-state index in [0.717, 1.165) is 11.1 Å². The number of rotatable bonds is 8. The number of hydrogen-bond donors (Lipinski definition) is 1. The van der Waals surface area contributed by atoms with Crippen LogP contribution in [0.15, 0.2) is 36.4 Å². The van der Waals surface area contributed by atoms with Gasteiger partial charge in [0.05, 0.1) is 12.7 Å². The van der Waals surface area contributed by atoms with Gasteiger partial charge in [-0.25, -0.2) is 4.79 Å². The lowest BCUT2D eigenvalue weighted by Crippen LogP contribution is -2.30. The smallest absolute Gasteiger partial charge is 0.387 e. The molecule has 0 radical (unpaired) electrons. The summed E-state index contributed by atoms with van der Waals surface area (Å²) in [6.45, 7) is 4.34. The van der Waals surface area contributed by atoms with Crippen LogP contribution in [0.3, 0.4) is 0 Å². The first-order chi connectivity index (χ1) is 14.1. The quantitative estimate of drug-likeness (QED) is 0.613. The van der Waals surface area contributed by atoms with E-state index >= 15 is 0 Å². The summed E-state index contributed by atoms with van der Waals surface area (Å²) in [4.78, 5) is 25.0. The topological polar surface area (TPSA) is 73.9 Å². The van der Waals surface area contributed by atoms with E-state index in [9.17, 15) is 18.4 Å². The minimum Gasteiger partial charge on any atom is -0.493 e. The van der Waals surface area contributed by atoms with E-state index < -0.39 is 24.6 Å². The van der Waals surface area contributed by atoms with Crippen LogP contribution in [0.2, 0.25) is 0 Å². The lowest BCUT2D eigenvalue weighted by molar-refractivity contribution is -0.123. The summed E-state index contributed by atoms with van der Waals surface area (Å²) in [5, 5.41) is 2.83. The first kappa shape index (κ1) is 23.1. The second-order valence-corrected chi connectivity index (χ2v) is 6.97. The van der Waals surface area contributed by atoms with Gasteiger partial charge in [0.25, 0.3) is 5.91 Å². The van der Waals surface area contributed by atoms with Crippen LogP contribution in [0.1, 0.15) is 48.2 Å². The van der Waals surface area contributed by atoms with Crippen LogP contribution in [0.5, 0.6) is 11.5 Å². The summed E-state index contributed by atoms with van der Waals surface area (Å²) in [6, 6.07) is 9.37. The number of methoxy groups -OCH3 is 1. The maximum atomic E-state index is 12.6. The zero-order valence-electron chi connectivity index (χ0n) is 17.5. The number of nitrogens with one attached hydrogen (secondary N) is 1. The molecule has 0 aromatic heterocycles. The summed E-state index contributed by atoms with van der Waals surface area (Å²) in [6.07, 6.45) is -1.08. The fraction of sp³-hybridized carbons (Fsp3) is 0.364. The largest absolute Gasteiger partial charge is 0.493 e. The highest BCUT2D eigenvalue weighted by Gasteiger charge is 2.22. The number of amides is 1. The molecule has 2 aromatic rings. The van der Waals surface area contributed by atoms with Gasteiger partial charge in [-0.1, -0.05) is 32.0 Å². The van der Waals surface area contributed by atoms with Crippen LogP contribution in [0.25, 0.3) is 0 Å². The van der Waals surface area contributed by atoms with E-state index in [-0.39, 0.29) is 23.0 Å². The third-order valence-electron chi connectivity index (χ3n) is 4.44. The molecule has 6 nitrogen and oxygen atoms in total. The standard InChI is InChI=1S/C22H25F2NO5/c1-12(2)16-8-6-7-13(3)19(16)25-20(26)14(4)29-21(27)15-9-10-17(30-22(23)24)18(11-15)28-5/h6-12,14,22H,1-5H3,(H,25,26)/t14-/m0/s1. The van der Waals surface area contributed by atoms with Gasteiger partial charge in [-0.15, -0.1) is 0 Å². The van der Waals surface area contributed by atoms with Gasteiger partial charge < -0.3 is 19.5 Å². The van der Waals surface area contributed by atoms with Gasteiger partial charge in [-0.3, -0.25) is 4.79 Å². The highest BCUT2D eigenvalue weighted by Crippen LogP contribution is 2.30. The average molecular weight is 421 g/mol. The van der Waals surface area contributed by atoms with Crippen LogP contribution < -0.4 is 14.8 Å². The SMILES string of the molecule is COc1cc(C(=O)O[C@@H](C)C(=O)Nc2c(C)cccc2C(C)C)ccc1OC(F)F. The molecule has 0 fully saturated rings. The van der Waals surface area contributed by atoms with Crippen molar-refractivity contribution in [3.8, 4) is 11.5 Å². The van der Waals surface area contributed by atoms with Gasteiger partial charge in [0, 0.05) is 5.69 Å². The zero-order chi connectivity index (χ0) is 22.4. The molecular formula is C22H25F2NO5. The minimum absolute atomic E-state index is 0.0341. The van der Waals surface area contributed by atoms with Crippen molar-refractivity contribution in [3.05, 3.63) is 53.1 Å². The Hall–Kier alpha value is -3.16. The Balaban J connectivity index is 2.12. The van der Waals surface area contributed by atoms with Crippen LogP contribution in [-0.2, 0) is 9.53 Å². The number of ether oxygens (including phenoxy) is 3. The normalized spacial score (nSPS) is 11.9.